The van der Waals surface area contributed by atoms with Crippen molar-refractivity contribution in [3.63, 3.8) is 0 Å². The van der Waals surface area contributed by atoms with Crippen LogP contribution in [-0.4, -0.2) is 36.1 Å². The lowest BCUT2D eigenvalue weighted by atomic mass is 9.96. The molecule has 0 saturated carbocycles. The Morgan fingerprint density at radius 1 is 1.07 bits per heavy atom. The second kappa shape index (κ2) is 4.63. The van der Waals surface area contributed by atoms with Crippen LogP contribution in [0.25, 0.3) is 0 Å². The van der Waals surface area contributed by atoms with Crippen molar-refractivity contribution < 1.29 is 0 Å². The average molecular weight is 196 g/mol. The Balaban J connectivity index is 1.86. The van der Waals surface area contributed by atoms with Gasteiger partial charge in [0.25, 0.3) is 0 Å². The number of likely N-dealkylation sites (tertiary alicyclic amines) is 1. The van der Waals surface area contributed by atoms with Crippen molar-refractivity contribution in [2.75, 3.05) is 13.1 Å². The van der Waals surface area contributed by atoms with Gasteiger partial charge >= 0.3 is 0 Å². The molecule has 0 amide bonds. The van der Waals surface area contributed by atoms with Gasteiger partial charge in [-0.15, -0.1) is 0 Å². The summed E-state index contributed by atoms with van der Waals surface area (Å²) in [6, 6.07) is 2.39. The van der Waals surface area contributed by atoms with Crippen molar-refractivity contribution in [3.8, 4) is 0 Å². The Kier molecular flexibility index (Phi) is 3.45. The highest BCUT2D eigenvalue weighted by molar-refractivity contribution is 4.85. The molecule has 2 heterocycles. The summed E-state index contributed by atoms with van der Waals surface area (Å²) >= 11 is 0. The Bertz CT molecular complexity index is 165. The predicted octanol–water partition coefficient (Wildman–Crippen LogP) is 2.00. The molecule has 0 bridgehead atoms. The third-order valence-electron chi connectivity index (χ3n) is 3.97. The minimum absolute atomic E-state index is 0.776. The molecule has 3 atom stereocenters. The van der Waals surface area contributed by atoms with Crippen molar-refractivity contribution in [3.05, 3.63) is 0 Å². The van der Waals surface area contributed by atoms with Gasteiger partial charge in [0.2, 0.25) is 0 Å². The maximum atomic E-state index is 3.60. The van der Waals surface area contributed by atoms with Crippen LogP contribution in [-0.2, 0) is 0 Å². The van der Waals surface area contributed by atoms with E-state index in [0.29, 0.717) is 0 Å². The summed E-state index contributed by atoms with van der Waals surface area (Å²) in [5, 5.41) is 3.60. The van der Waals surface area contributed by atoms with E-state index in [1.807, 2.05) is 0 Å². The minimum Gasteiger partial charge on any atom is -0.313 e. The van der Waals surface area contributed by atoms with Crippen molar-refractivity contribution in [1.29, 1.82) is 0 Å². The fourth-order valence-corrected chi connectivity index (χ4v) is 3.00. The molecule has 2 heteroatoms. The highest BCUT2D eigenvalue weighted by Crippen LogP contribution is 2.23. The molecule has 2 aliphatic rings. The smallest absolute Gasteiger partial charge is 0.0195 e. The molecule has 0 spiro atoms. The fraction of sp³-hybridized carbons (Fsp3) is 1.00. The quantitative estimate of drug-likeness (QED) is 0.726. The number of rotatable bonds is 2. The van der Waals surface area contributed by atoms with Crippen LogP contribution in [0.3, 0.4) is 0 Å². The zero-order valence-electron chi connectivity index (χ0n) is 9.63. The van der Waals surface area contributed by atoms with Gasteiger partial charge in [-0.2, -0.15) is 0 Å². The van der Waals surface area contributed by atoms with Gasteiger partial charge in [0.1, 0.15) is 0 Å². The first-order valence-electron chi connectivity index (χ1n) is 6.26. The summed E-state index contributed by atoms with van der Waals surface area (Å²) < 4.78 is 0. The molecule has 2 fully saturated rings. The molecule has 0 aromatic rings. The summed E-state index contributed by atoms with van der Waals surface area (Å²) in [6.45, 7) is 7.30. The van der Waals surface area contributed by atoms with Crippen LogP contribution in [0.5, 0.6) is 0 Å². The maximum absolute atomic E-state index is 3.60. The molecule has 0 aliphatic carbocycles. The molecule has 14 heavy (non-hydrogen) atoms. The normalized spacial score (nSPS) is 40.3. The second-order valence-electron chi connectivity index (χ2n) is 5.12. The van der Waals surface area contributed by atoms with E-state index in [-0.39, 0.29) is 0 Å². The molecule has 2 aliphatic heterocycles. The number of nitrogens with one attached hydrogen (secondary N) is 1. The average Bonchev–Trinajstić information content (AvgIpc) is 2.64. The van der Waals surface area contributed by atoms with Gasteiger partial charge in [-0.05, 0) is 46.1 Å². The van der Waals surface area contributed by atoms with E-state index in [0.717, 1.165) is 18.1 Å². The lowest BCUT2D eigenvalue weighted by Gasteiger charge is -2.40. The zero-order valence-corrected chi connectivity index (χ0v) is 9.63. The van der Waals surface area contributed by atoms with Gasteiger partial charge < -0.3 is 5.32 Å². The van der Waals surface area contributed by atoms with Crippen LogP contribution in [0.15, 0.2) is 0 Å². The standard InChI is InChI=1S/C12H24N2/c1-10-5-3-6-11(2)14(10)9-12-7-4-8-13-12/h10-13H,3-9H2,1-2H3/t10?,11?,12-/m0/s1. The Morgan fingerprint density at radius 3 is 2.36 bits per heavy atom. The molecule has 0 aromatic carbocycles. The molecule has 1 N–H and O–H groups in total. The van der Waals surface area contributed by atoms with Gasteiger partial charge in [-0.25, -0.2) is 0 Å². The molecular weight excluding hydrogens is 172 g/mol. The van der Waals surface area contributed by atoms with Crippen molar-refractivity contribution in [2.45, 2.75) is 64.1 Å². The molecule has 0 radical (unpaired) electrons. The van der Waals surface area contributed by atoms with E-state index in [1.165, 1.54) is 45.2 Å². The molecule has 82 valence electrons. The van der Waals surface area contributed by atoms with Gasteiger partial charge in [0.05, 0.1) is 0 Å². The Labute approximate surface area is 88.1 Å². The SMILES string of the molecule is CC1CCCC(C)N1C[C@@H]1CCCN1. The summed E-state index contributed by atoms with van der Waals surface area (Å²) in [7, 11) is 0. The number of hydrogen-bond acceptors (Lipinski definition) is 2. The molecule has 2 nitrogen and oxygen atoms in total. The lowest BCUT2D eigenvalue weighted by molar-refractivity contribution is 0.0936. The molecule has 2 rings (SSSR count). The summed E-state index contributed by atoms with van der Waals surface area (Å²) in [6.07, 6.45) is 6.99. The van der Waals surface area contributed by atoms with Crippen LogP contribution in [0.1, 0.15) is 46.0 Å². The number of hydrogen-bond donors (Lipinski definition) is 1. The van der Waals surface area contributed by atoms with E-state index in [9.17, 15) is 0 Å². The van der Waals surface area contributed by atoms with Crippen LogP contribution in [0.4, 0.5) is 0 Å². The van der Waals surface area contributed by atoms with E-state index in [2.05, 4.69) is 24.1 Å². The predicted molar refractivity (Wildman–Crippen MR) is 60.5 cm³/mol. The highest BCUT2D eigenvalue weighted by atomic mass is 15.2. The highest BCUT2D eigenvalue weighted by Gasteiger charge is 2.27. The zero-order chi connectivity index (χ0) is 9.97. The van der Waals surface area contributed by atoms with E-state index >= 15 is 0 Å². The van der Waals surface area contributed by atoms with Crippen molar-refractivity contribution >= 4 is 0 Å². The van der Waals surface area contributed by atoms with Gasteiger partial charge in [-0.1, -0.05) is 6.42 Å². The summed E-state index contributed by atoms with van der Waals surface area (Å²) in [5.41, 5.74) is 0. The van der Waals surface area contributed by atoms with Crippen LogP contribution in [0.2, 0.25) is 0 Å². The topological polar surface area (TPSA) is 15.3 Å². The monoisotopic (exact) mass is 196 g/mol. The molecule has 2 saturated heterocycles. The Morgan fingerprint density at radius 2 is 1.79 bits per heavy atom. The second-order valence-corrected chi connectivity index (χ2v) is 5.12. The molecular formula is C12H24N2. The summed E-state index contributed by atoms with van der Waals surface area (Å²) in [5.74, 6) is 0. The summed E-state index contributed by atoms with van der Waals surface area (Å²) in [4.78, 5) is 2.71. The first-order chi connectivity index (χ1) is 6.77. The number of piperidine rings is 1. The first kappa shape index (κ1) is 10.4. The maximum Gasteiger partial charge on any atom is 0.0195 e. The van der Waals surface area contributed by atoms with E-state index < -0.39 is 0 Å². The number of nitrogens with zero attached hydrogens (tertiary/aromatic N) is 1. The minimum atomic E-state index is 0.776. The van der Waals surface area contributed by atoms with Crippen LogP contribution < -0.4 is 5.32 Å². The van der Waals surface area contributed by atoms with Gasteiger partial charge in [0, 0.05) is 24.7 Å². The van der Waals surface area contributed by atoms with Crippen molar-refractivity contribution in [2.24, 2.45) is 0 Å². The fourth-order valence-electron chi connectivity index (χ4n) is 3.00. The molecule has 2 unspecified atom stereocenters. The van der Waals surface area contributed by atoms with Crippen LogP contribution >= 0.6 is 0 Å². The van der Waals surface area contributed by atoms with Gasteiger partial charge in [-0.3, -0.25) is 4.90 Å². The molecule has 0 aromatic heterocycles. The Hall–Kier alpha value is -0.0800. The lowest BCUT2D eigenvalue weighted by Crippen LogP contribution is -2.49. The van der Waals surface area contributed by atoms with E-state index in [4.69, 9.17) is 0 Å². The third-order valence-corrected chi connectivity index (χ3v) is 3.97. The third kappa shape index (κ3) is 2.29. The first-order valence-corrected chi connectivity index (χ1v) is 6.26. The van der Waals surface area contributed by atoms with Gasteiger partial charge in [0.15, 0.2) is 0 Å². The van der Waals surface area contributed by atoms with Crippen LogP contribution in [0, 0.1) is 0 Å². The largest absolute Gasteiger partial charge is 0.313 e. The van der Waals surface area contributed by atoms with Crippen molar-refractivity contribution in [1.82, 2.24) is 10.2 Å². The van der Waals surface area contributed by atoms with E-state index in [1.54, 1.807) is 0 Å².